The normalized spacial score (nSPS) is 13.7. The fourth-order valence-corrected chi connectivity index (χ4v) is 1.76. The summed E-state index contributed by atoms with van der Waals surface area (Å²) in [5.74, 6) is 0.142. The van der Waals surface area contributed by atoms with Gasteiger partial charge in [-0.1, -0.05) is 13.8 Å². The zero-order valence-corrected chi connectivity index (χ0v) is 8.92. The van der Waals surface area contributed by atoms with Crippen molar-refractivity contribution in [2.75, 3.05) is 0 Å². The Morgan fingerprint density at radius 2 is 2.07 bits per heavy atom. The maximum atomic E-state index is 13.0. The Morgan fingerprint density at radius 3 is 2.73 bits per heavy atom. The molecule has 80 valence electrons. The van der Waals surface area contributed by atoms with Gasteiger partial charge in [-0.3, -0.25) is 0 Å². The number of hydrogen-bond acceptors (Lipinski definition) is 1. The molecule has 3 N–H and O–H groups in total. The Kier molecular flexibility index (Phi) is 2.49. The molecule has 1 aromatic heterocycles. The Balaban J connectivity index is 2.54. The molecule has 0 aliphatic heterocycles. The molecule has 2 nitrogen and oxygen atoms in total. The second-order valence-corrected chi connectivity index (χ2v) is 4.20. The third-order valence-corrected chi connectivity index (χ3v) is 2.75. The van der Waals surface area contributed by atoms with E-state index in [1.165, 1.54) is 12.1 Å². The minimum atomic E-state index is -0.228. The van der Waals surface area contributed by atoms with Crippen LogP contribution < -0.4 is 5.73 Å². The molecule has 1 heterocycles. The summed E-state index contributed by atoms with van der Waals surface area (Å²) in [5, 5.41) is 1.01. The largest absolute Gasteiger partial charge is 0.361 e. The molecule has 0 radical (unpaired) electrons. The van der Waals surface area contributed by atoms with Gasteiger partial charge in [-0.15, -0.1) is 0 Å². The van der Waals surface area contributed by atoms with Gasteiger partial charge in [-0.05, 0) is 29.7 Å². The van der Waals surface area contributed by atoms with Gasteiger partial charge in [-0.2, -0.15) is 0 Å². The Bertz CT molecular complexity index is 473. The minimum Gasteiger partial charge on any atom is -0.361 e. The number of aromatic amines is 1. The standard InChI is InChI=1S/C12H15FN2/c1-7(2)12(14)10-6-15-11-5-8(13)3-4-9(10)11/h3-7,12,15H,14H2,1-2H3. The molecular weight excluding hydrogens is 191 g/mol. The smallest absolute Gasteiger partial charge is 0.125 e. The molecule has 1 atom stereocenters. The van der Waals surface area contributed by atoms with Crippen molar-refractivity contribution in [2.24, 2.45) is 11.7 Å². The fourth-order valence-electron chi connectivity index (χ4n) is 1.76. The summed E-state index contributed by atoms with van der Waals surface area (Å²) in [6, 6.07) is 4.72. The summed E-state index contributed by atoms with van der Waals surface area (Å²) >= 11 is 0. The van der Waals surface area contributed by atoms with E-state index in [0.717, 1.165) is 16.5 Å². The predicted octanol–water partition coefficient (Wildman–Crippen LogP) is 2.96. The second-order valence-electron chi connectivity index (χ2n) is 4.20. The highest BCUT2D eigenvalue weighted by Gasteiger charge is 2.14. The molecule has 0 saturated carbocycles. The molecule has 2 aromatic rings. The average Bonchev–Trinajstić information content (AvgIpc) is 2.59. The molecule has 1 aromatic carbocycles. The van der Waals surface area contributed by atoms with Gasteiger partial charge >= 0.3 is 0 Å². The van der Waals surface area contributed by atoms with Crippen LogP contribution in [-0.4, -0.2) is 4.98 Å². The van der Waals surface area contributed by atoms with E-state index < -0.39 is 0 Å². The maximum Gasteiger partial charge on any atom is 0.125 e. The van der Waals surface area contributed by atoms with Gasteiger partial charge in [0.2, 0.25) is 0 Å². The van der Waals surface area contributed by atoms with Gasteiger partial charge in [0, 0.05) is 23.1 Å². The van der Waals surface area contributed by atoms with Crippen LogP contribution in [0.1, 0.15) is 25.5 Å². The van der Waals surface area contributed by atoms with Crippen LogP contribution in [0.25, 0.3) is 10.9 Å². The molecule has 0 aliphatic rings. The van der Waals surface area contributed by atoms with Crippen LogP contribution >= 0.6 is 0 Å². The predicted molar refractivity (Wildman–Crippen MR) is 60.0 cm³/mol. The number of rotatable bonds is 2. The van der Waals surface area contributed by atoms with Gasteiger partial charge in [-0.25, -0.2) is 4.39 Å². The third-order valence-electron chi connectivity index (χ3n) is 2.75. The van der Waals surface area contributed by atoms with Crippen LogP contribution in [0.15, 0.2) is 24.4 Å². The lowest BCUT2D eigenvalue weighted by Crippen LogP contribution is -2.16. The van der Waals surface area contributed by atoms with Crippen molar-refractivity contribution in [2.45, 2.75) is 19.9 Å². The van der Waals surface area contributed by atoms with Gasteiger partial charge in [0.05, 0.1) is 0 Å². The molecule has 0 spiro atoms. The number of aromatic nitrogens is 1. The SMILES string of the molecule is CC(C)C(N)c1c[nH]c2cc(F)ccc12. The van der Waals surface area contributed by atoms with Gasteiger partial charge in [0.15, 0.2) is 0 Å². The van der Waals surface area contributed by atoms with Crippen LogP contribution in [0.3, 0.4) is 0 Å². The zero-order valence-electron chi connectivity index (χ0n) is 8.92. The number of nitrogens with two attached hydrogens (primary N) is 1. The Morgan fingerprint density at radius 1 is 1.33 bits per heavy atom. The van der Waals surface area contributed by atoms with Crippen LogP contribution in [-0.2, 0) is 0 Å². The van der Waals surface area contributed by atoms with Crippen molar-refractivity contribution in [1.82, 2.24) is 4.98 Å². The van der Waals surface area contributed by atoms with Crippen molar-refractivity contribution < 1.29 is 4.39 Å². The van der Waals surface area contributed by atoms with Crippen molar-refractivity contribution in [3.05, 3.63) is 35.8 Å². The zero-order chi connectivity index (χ0) is 11.0. The third kappa shape index (κ3) is 1.75. The van der Waals surface area contributed by atoms with E-state index in [2.05, 4.69) is 18.8 Å². The number of H-pyrrole nitrogens is 1. The highest BCUT2D eigenvalue weighted by Crippen LogP contribution is 2.27. The lowest BCUT2D eigenvalue weighted by Gasteiger charge is -2.14. The monoisotopic (exact) mass is 206 g/mol. The summed E-state index contributed by atoms with van der Waals surface area (Å²) in [5.41, 5.74) is 7.93. The quantitative estimate of drug-likeness (QED) is 0.779. The summed E-state index contributed by atoms with van der Waals surface area (Å²) in [6.07, 6.45) is 1.87. The molecule has 0 fully saturated rings. The van der Waals surface area contributed by atoms with E-state index in [4.69, 9.17) is 5.73 Å². The number of halogens is 1. The molecule has 0 aliphatic carbocycles. The van der Waals surface area contributed by atoms with Crippen molar-refractivity contribution in [3.8, 4) is 0 Å². The average molecular weight is 206 g/mol. The first-order valence-corrected chi connectivity index (χ1v) is 5.11. The number of hydrogen-bond donors (Lipinski definition) is 2. The van der Waals surface area contributed by atoms with Crippen LogP contribution in [0.2, 0.25) is 0 Å². The molecular formula is C12H15FN2. The fraction of sp³-hybridized carbons (Fsp3) is 0.333. The molecule has 15 heavy (non-hydrogen) atoms. The Hall–Kier alpha value is -1.35. The van der Waals surface area contributed by atoms with E-state index in [0.29, 0.717) is 5.92 Å². The lowest BCUT2D eigenvalue weighted by atomic mass is 9.97. The van der Waals surface area contributed by atoms with E-state index in [9.17, 15) is 4.39 Å². The topological polar surface area (TPSA) is 41.8 Å². The summed E-state index contributed by atoms with van der Waals surface area (Å²) in [6.45, 7) is 4.15. The second kappa shape index (κ2) is 3.66. The molecule has 0 saturated heterocycles. The lowest BCUT2D eigenvalue weighted by molar-refractivity contribution is 0.517. The molecule has 2 rings (SSSR count). The molecule has 1 unspecified atom stereocenters. The van der Waals surface area contributed by atoms with Gasteiger partial charge in [0.1, 0.15) is 5.82 Å². The highest BCUT2D eigenvalue weighted by molar-refractivity contribution is 5.83. The molecule has 0 amide bonds. The minimum absolute atomic E-state index is 0.00999. The highest BCUT2D eigenvalue weighted by atomic mass is 19.1. The molecule has 3 heteroatoms. The van der Waals surface area contributed by atoms with Gasteiger partial charge in [0.25, 0.3) is 0 Å². The summed E-state index contributed by atoms with van der Waals surface area (Å²) < 4.78 is 13.0. The van der Waals surface area contributed by atoms with E-state index in [-0.39, 0.29) is 11.9 Å². The van der Waals surface area contributed by atoms with E-state index >= 15 is 0 Å². The first-order chi connectivity index (χ1) is 7.09. The molecule has 0 bridgehead atoms. The first kappa shape index (κ1) is 10.2. The summed E-state index contributed by atoms with van der Waals surface area (Å²) in [4.78, 5) is 3.04. The van der Waals surface area contributed by atoms with Crippen molar-refractivity contribution in [1.29, 1.82) is 0 Å². The van der Waals surface area contributed by atoms with Gasteiger partial charge < -0.3 is 10.7 Å². The van der Waals surface area contributed by atoms with E-state index in [1.807, 2.05) is 6.20 Å². The van der Waals surface area contributed by atoms with Crippen molar-refractivity contribution in [3.63, 3.8) is 0 Å². The Labute approximate surface area is 88.3 Å². The van der Waals surface area contributed by atoms with Crippen molar-refractivity contribution >= 4 is 10.9 Å². The number of fused-ring (bicyclic) bond motifs is 1. The van der Waals surface area contributed by atoms with Crippen LogP contribution in [0.4, 0.5) is 4.39 Å². The number of benzene rings is 1. The number of nitrogens with one attached hydrogen (secondary N) is 1. The van der Waals surface area contributed by atoms with Crippen LogP contribution in [0.5, 0.6) is 0 Å². The van der Waals surface area contributed by atoms with Crippen LogP contribution in [0, 0.1) is 11.7 Å². The maximum absolute atomic E-state index is 13.0. The van der Waals surface area contributed by atoms with E-state index in [1.54, 1.807) is 6.07 Å². The summed E-state index contributed by atoms with van der Waals surface area (Å²) in [7, 11) is 0. The first-order valence-electron chi connectivity index (χ1n) is 5.11.